The molecular weight excluding hydrogens is 512 g/mol. The monoisotopic (exact) mass is 528 g/mol. The van der Waals surface area contributed by atoms with Crippen LogP contribution < -0.4 is 4.74 Å². The lowest BCUT2D eigenvalue weighted by molar-refractivity contribution is -0.141. The number of alkyl halides is 3. The van der Waals surface area contributed by atoms with Crippen molar-refractivity contribution >= 4 is 34.2 Å². The minimum Gasteiger partial charge on any atom is -0.484 e. The smallest absolute Gasteiger partial charge is 0.433 e. The number of halogens is 5. The van der Waals surface area contributed by atoms with E-state index >= 15 is 0 Å². The van der Waals surface area contributed by atoms with Crippen LogP contribution in [0, 0.1) is 0 Å². The van der Waals surface area contributed by atoms with Gasteiger partial charge in [-0.25, -0.2) is 9.97 Å². The van der Waals surface area contributed by atoms with Gasteiger partial charge in [-0.3, -0.25) is 4.98 Å². The molecule has 0 amide bonds. The van der Waals surface area contributed by atoms with E-state index in [2.05, 4.69) is 9.97 Å². The third kappa shape index (κ3) is 5.15. The molecule has 2 aromatic carbocycles. The Morgan fingerprint density at radius 3 is 2.42 bits per heavy atom. The Labute approximate surface area is 214 Å². The normalized spacial score (nSPS) is 11.7. The third-order valence-corrected chi connectivity index (χ3v) is 6.18. The van der Waals surface area contributed by atoms with Crippen LogP contribution in [0.5, 0.6) is 5.75 Å². The predicted octanol–water partition coefficient (Wildman–Crippen LogP) is 7.45. The summed E-state index contributed by atoms with van der Waals surface area (Å²) in [7, 11) is 0. The molecule has 0 atom stereocenters. The molecule has 182 valence electrons. The van der Waals surface area contributed by atoms with Crippen molar-refractivity contribution in [1.82, 2.24) is 19.5 Å². The van der Waals surface area contributed by atoms with Gasteiger partial charge < -0.3 is 9.30 Å². The minimum atomic E-state index is -4.52. The molecule has 0 saturated carbocycles. The molecule has 0 fully saturated rings. The number of aromatic nitrogens is 4. The molecule has 0 spiro atoms. The molecule has 0 radical (unpaired) electrons. The van der Waals surface area contributed by atoms with Gasteiger partial charge in [-0.2, -0.15) is 13.2 Å². The van der Waals surface area contributed by atoms with Crippen LogP contribution in [0.4, 0.5) is 13.2 Å². The number of ether oxygens (including phenoxy) is 1. The Morgan fingerprint density at radius 2 is 1.69 bits per heavy atom. The molecular formula is C26H17Cl2F3N4O. The van der Waals surface area contributed by atoms with Crippen LogP contribution in [-0.4, -0.2) is 19.5 Å². The molecule has 3 aromatic heterocycles. The van der Waals surface area contributed by atoms with Gasteiger partial charge in [0.25, 0.3) is 0 Å². The first-order valence-electron chi connectivity index (χ1n) is 10.8. The summed E-state index contributed by atoms with van der Waals surface area (Å²) in [6.07, 6.45) is -0.0275. The highest BCUT2D eigenvalue weighted by Crippen LogP contribution is 2.30. The second kappa shape index (κ2) is 9.79. The van der Waals surface area contributed by atoms with Gasteiger partial charge in [-0.15, -0.1) is 0 Å². The van der Waals surface area contributed by atoms with Crippen LogP contribution in [0.1, 0.15) is 17.1 Å². The molecule has 5 rings (SSSR count). The van der Waals surface area contributed by atoms with Crippen molar-refractivity contribution in [3.63, 3.8) is 0 Å². The predicted molar refractivity (Wildman–Crippen MR) is 132 cm³/mol. The minimum absolute atomic E-state index is 0.00446. The Hall–Kier alpha value is -3.62. The summed E-state index contributed by atoms with van der Waals surface area (Å²) < 4.78 is 46.2. The SMILES string of the molecule is FC(F)(F)c1ccc(OCc2nc3ccc(-c4ccncc4)cc3n2Cc2cc(Cl)ccc2Cl)cn1. The average molecular weight is 529 g/mol. The third-order valence-electron chi connectivity index (χ3n) is 5.57. The van der Waals surface area contributed by atoms with E-state index in [0.29, 0.717) is 22.4 Å². The largest absolute Gasteiger partial charge is 0.484 e. The Kier molecular flexibility index (Phi) is 6.55. The van der Waals surface area contributed by atoms with Gasteiger partial charge in [0.15, 0.2) is 0 Å². The van der Waals surface area contributed by atoms with Crippen molar-refractivity contribution in [1.29, 1.82) is 0 Å². The molecule has 0 saturated heterocycles. The summed E-state index contributed by atoms with van der Waals surface area (Å²) in [5.41, 5.74) is 3.34. The van der Waals surface area contributed by atoms with Gasteiger partial charge in [0.1, 0.15) is 23.9 Å². The lowest BCUT2D eigenvalue weighted by Crippen LogP contribution is -2.10. The summed E-state index contributed by atoms with van der Waals surface area (Å²) in [6.45, 7) is 0.365. The molecule has 5 aromatic rings. The van der Waals surface area contributed by atoms with Gasteiger partial charge in [-0.1, -0.05) is 29.3 Å². The number of imidazole rings is 1. The van der Waals surface area contributed by atoms with Gasteiger partial charge in [-0.05, 0) is 71.3 Å². The highest BCUT2D eigenvalue weighted by atomic mass is 35.5. The molecule has 0 bridgehead atoms. The number of fused-ring (bicyclic) bond motifs is 1. The lowest BCUT2D eigenvalue weighted by atomic mass is 10.1. The van der Waals surface area contributed by atoms with Gasteiger partial charge in [0.2, 0.25) is 0 Å². The maximum Gasteiger partial charge on any atom is 0.433 e. The van der Waals surface area contributed by atoms with E-state index in [1.807, 2.05) is 34.9 Å². The first-order chi connectivity index (χ1) is 17.3. The number of rotatable bonds is 6. The van der Waals surface area contributed by atoms with Crippen molar-refractivity contribution in [3.8, 4) is 16.9 Å². The summed E-state index contributed by atoms with van der Waals surface area (Å²) in [5, 5.41) is 1.09. The molecule has 0 unspecified atom stereocenters. The fourth-order valence-corrected chi connectivity index (χ4v) is 4.17. The molecule has 0 aliphatic heterocycles. The molecule has 0 aliphatic rings. The summed E-state index contributed by atoms with van der Waals surface area (Å²) in [6, 6.07) is 17.0. The molecule has 5 nitrogen and oxygen atoms in total. The fraction of sp³-hybridized carbons (Fsp3) is 0.115. The van der Waals surface area contributed by atoms with Crippen LogP contribution in [0.15, 0.2) is 79.3 Å². The quantitative estimate of drug-likeness (QED) is 0.229. The highest BCUT2D eigenvalue weighted by Gasteiger charge is 2.32. The topological polar surface area (TPSA) is 52.8 Å². The Balaban J connectivity index is 1.52. The van der Waals surface area contributed by atoms with Crippen molar-refractivity contribution in [2.75, 3.05) is 0 Å². The zero-order valence-corrected chi connectivity index (χ0v) is 20.0. The molecule has 36 heavy (non-hydrogen) atoms. The van der Waals surface area contributed by atoms with Crippen LogP contribution >= 0.6 is 23.2 Å². The van der Waals surface area contributed by atoms with E-state index in [1.165, 1.54) is 6.07 Å². The number of benzene rings is 2. The number of pyridine rings is 2. The van der Waals surface area contributed by atoms with Crippen molar-refractivity contribution < 1.29 is 17.9 Å². The van der Waals surface area contributed by atoms with Crippen molar-refractivity contribution in [3.05, 3.63) is 106 Å². The summed E-state index contributed by atoms with van der Waals surface area (Å²) >= 11 is 12.6. The fourth-order valence-electron chi connectivity index (χ4n) is 3.80. The van der Waals surface area contributed by atoms with Crippen molar-refractivity contribution in [2.45, 2.75) is 19.3 Å². The Bertz CT molecular complexity index is 1520. The highest BCUT2D eigenvalue weighted by molar-refractivity contribution is 6.33. The zero-order valence-electron chi connectivity index (χ0n) is 18.5. The van der Waals surface area contributed by atoms with E-state index < -0.39 is 11.9 Å². The molecule has 0 N–H and O–H groups in total. The van der Waals surface area contributed by atoms with Gasteiger partial charge in [0, 0.05) is 22.4 Å². The van der Waals surface area contributed by atoms with Crippen LogP contribution in [0.3, 0.4) is 0 Å². The van der Waals surface area contributed by atoms with Crippen LogP contribution in [0.2, 0.25) is 10.0 Å². The number of nitrogens with zero attached hydrogens (tertiary/aromatic N) is 4. The number of hydrogen-bond acceptors (Lipinski definition) is 4. The van der Waals surface area contributed by atoms with Crippen LogP contribution in [-0.2, 0) is 19.3 Å². The van der Waals surface area contributed by atoms with E-state index in [0.717, 1.165) is 40.0 Å². The zero-order chi connectivity index (χ0) is 25.3. The van der Waals surface area contributed by atoms with Gasteiger partial charge >= 0.3 is 6.18 Å². The van der Waals surface area contributed by atoms with Gasteiger partial charge in [0.05, 0.1) is 23.8 Å². The van der Waals surface area contributed by atoms with E-state index in [9.17, 15) is 13.2 Å². The van der Waals surface area contributed by atoms with E-state index in [1.54, 1.807) is 30.6 Å². The summed E-state index contributed by atoms with van der Waals surface area (Å²) in [4.78, 5) is 12.2. The standard InChI is InChI=1S/C26H17Cl2F3N4O/c27-19-2-4-21(28)18(11-19)14-35-23-12-17(16-7-9-32-10-8-16)1-5-22(23)34-25(35)15-36-20-3-6-24(33-13-20)26(29,30)31/h1-13H,14-15H2. The molecule has 3 heterocycles. The first kappa shape index (κ1) is 24.1. The second-order valence-corrected chi connectivity index (χ2v) is 8.80. The van der Waals surface area contributed by atoms with E-state index in [4.69, 9.17) is 32.9 Å². The second-order valence-electron chi connectivity index (χ2n) is 7.95. The lowest BCUT2D eigenvalue weighted by Gasteiger charge is -2.13. The average Bonchev–Trinajstić information content (AvgIpc) is 3.21. The maximum atomic E-state index is 12.8. The first-order valence-corrected chi connectivity index (χ1v) is 11.5. The maximum absolute atomic E-state index is 12.8. The van der Waals surface area contributed by atoms with E-state index in [-0.39, 0.29) is 12.4 Å². The van der Waals surface area contributed by atoms with Crippen molar-refractivity contribution in [2.24, 2.45) is 0 Å². The number of hydrogen-bond donors (Lipinski definition) is 0. The summed E-state index contributed by atoms with van der Waals surface area (Å²) in [5.74, 6) is 0.757. The molecule has 10 heteroatoms. The Morgan fingerprint density at radius 1 is 0.889 bits per heavy atom. The van der Waals surface area contributed by atoms with Crippen LogP contribution in [0.25, 0.3) is 22.2 Å². The molecule has 0 aliphatic carbocycles.